The van der Waals surface area contributed by atoms with Gasteiger partial charge in [0.2, 0.25) is 0 Å². The zero-order chi connectivity index (χ0) is 9.97. The second-order valence-electron chi connectivity index (χ2n) is 3.95. The first-order valence-corrected chi connectivity index (χ1v) is 6.06. The number of rotatable bonds is 2. The summed E-state index contributed by atoms with van der Waals surface area (Å²) in [6, 6.07) is 0. The Morgan fingerprint density at radius 1 is 1.43 bits per heavy atom. The van der Waals surface area contributed by atoms with Gasteiger partial charge in [-0.1, -0.05) is 13.8 Å². The molecule has 4 heteroatoms. The first kappa shape index (κ1) is 9.93. The van der Waals surface area contributed by atoms with Crippen LogP contribution in [0.15, 0.2) is 5.38 Å². The molecule has 1 N–H and O–H groups in total. The van der Waals surface area contributed by atoms with Crippen LogP contribution in [0, 0.1) is 0 Å². The van der Waals surface area contributed by atoms with Crippen LogP contribution >= 0.6 is 11.3 Å². The van der Waals surface area contributed by atoms with Crippen LogP contribution in [0.4, 0.5) is 5.13 Å². The van der Waals surface area contributed by atoms with E-state index in [-0.39, 0.29) is 0 Å². The minimum Gasteiger partial charge on any atom is -0.346 e. The van der Waals surface area contributed by atoms with Gasteiger partial charge in [-0.15, -0.1) is 11.3 Å². The molecule has 2 heterocycles. The smallest absolute Gasteiger partial charge is 0.185 e. The summed E-state index contributed by atoms with van der Waals surface area (Å²) in [5.41, 5.74) is 1.23. The third-order valence-corrected chi connectivity index (χ3v) is 3.41. The molecular formula is C10H17N3S. The first-order chi connectivity index (χ1) is 6.77. The Balaban J connectivity index is 2.07. The molecule has 0 aromatic carbocycles. The van der Waals surface area contributed by atoms with Crippen molar-refractivity contribution < 1.29 is 0 Å². The van der Waals surface area contributed by atoms with Crippen LogP contribution in [0.1, 0.15) is 25.5 Å². The third kappa shape index (κ3) is 2.07. The van der Waals surface area contributed by atoms with E-state index in [0.29, 0.717) is 5.92 Å². The van der Waals surface area contributed by atoms with Crippen LogP contribution < -0.4 is 10.2 Å². The average molecular weight is 211 g/mol. The molecule has 14 heavy (non-hydrogen) atoms. The molecule has 0 bridgehead atoms. The van der Waals surface area contributed by atoms with Gasteiger partial charge in [0.15, 0.2) is 5.13 Å². The van der Waals surface area contributed by atoms with Gasteiger partial charge in [-0.25, -0.2) is 4.98 Å². The average Bonchev–Trinajstić information content (AvgIpc) is 2.68. The first-order valence-electron chi connectivity index (χ1n) is 5.18. The van der Waals surface area contributed by atoms with Gasteiger partial charge in [-0.3, -0.25) is 0 Å². The lowest BCUT2D eigenvalue weighted by Gasteiger charge is -2.26. The molecule has 0 aliphatic carbocycles. The number of aromatic nitrogens is 1. The van der Waals surface area contributed by atoms with Gasteiger partial charge < -0.3 is 10.2 Å². The molecule has 78 valence electrons. The van der Waals surface area contributed by atoms with Crippen molar-refractivity contribution in [3.05, 3.63) is 11.1 Å². The summed E-state index contributed by atoms with van der Waals surface area (Å²) in [6.07, 6.45) is 0. The summed E-state index contributed by atoms with van der Waals surface area (Å²) in [5, 5.41) is 6.72. The molecule has 1 saturated heterocycles. The van der Waals surface area contributed by atoms with Gasteiger partial charge in [-0.2, -0.15) is 0 Å². The lowest BCUT2D eigenvalue weighted by molar-refractivity contribution is 0.587. The molecule has 0 atom stereocenters. The van der Waals surface area contributed by atoms with Gasteiger partial charge in [0, 0.05) is 31.6 Å². The minimum absolute atomic E-state index is 0.544. The van der Waals surface area contributed by atoms with Gasteiger partial charge in [0.25, 0.3) is 0 Å². The van der Waals surface area contributed by atoms with Gasteiger partial charge >= 0.3 is 0 Å². The van der Waals surface area contributed by atoms with Crippen LogP contribution in [0.2, 0.25) is 0 Å². The molecule has 1 fully saturated rings. The quantitative estimate of drug-likeness (QED) is 0.806. The van der Waals surface area contributed by atoms with Gasteiger partial charge in [0.05, 0.1) is 5.69 Å². The van der Waals surface area contributed by atoms with E-state index < -0.39 is 0 Å². The van der Waals surface area contributed by atoms with Crippen LogP contribution in [0.3, 0.4) is 0 Å². The van der Waals surface area contributed by atoms with Crippen molar-refractivity contribution in [2.75, 3.05) is 31.1 Å². The molecule has 3 nitrogen and oxygen atoms in total. The number of anilines is 1. The number of hydrogen-bond acceptors (Lipinski definition) is 4. The highest BCUT2D eigenvalue weighted by atomic mass is 32.1. The summed E-state index contributed by atoms with van der Waals surface area (Å²) < 4.78 is 0. The highest BCUT2D eigenvalue weighted by molar-refractivity contribution is 7.13. The molecule has 0 radical (unpaired) electrons. The van der Waals surface area contributed by atoms with Crippen LogP contribution in [-0.2, 0) is 0 Å². The van der Waals surface area contributed by atoms with E-state index >= 15 is 0 Å². The molecular weight excluding hydrogens is 194 g/mol. The molecule has 0 spiro atoms. The van der Waals surface area contributed by atoms with E-state index in [1.165, 1.54) is 10.8 Å². The predicted molar refractivity (Wildman–Crippen MR) is 61.3 cm³/mol. The fraction of sp³-hybridized carbons (Fsp3) is 0.700. The second-order valence-corrected chi connectivity index (χ2v) is 4.78. The van der Waals surface area contributed by atoms with Crippen LogP contribution in [0.5, 0.6) is 0 Å². The van der Waals surface area contributed by atoms with E-state index in [1.807, 2.05) is 0 Å². The number of piperazine rings is 1. The van der Waals surface area contributed by atoms with E-state index in [2.05, 4.69) is 34.4 Å². The van der Waals surface area contributed by atoms with Crippen molar-refractivity contribution >= 4 is 16.5 Å². The van der Waals surface area contributed by atoms with E-state index in [4.69, 9.17) is 0 Å². The molecule has 1 aromatic rings. The van der Waals surface area contributed by atoms with Gasteiger partial charge in [0.1, 0.15) is 0 Å². The summed E-state index contributed by atoms with van der Waals surface area (Å²) >= 11 is 1.77. The lowest BCUT2D eigenvalue weighted by Crippen LogP contribution is -2.43. The fourth-order valence-corrected chi connectivity index (χ4v) is 2.58. The second kappa shape index (κ2) is 4.28. The Kier molecular flexibility index (Phi) is 3.03. The number of nitrogens with one attached hydrogen (secondary N) is 1. The Hall–Kier alpha value is -0.610. The Labute approximate surface area is 89.1 Å². The van der Waals surface area contributed by atoms with Gasteiger partial charge in [-0.05, 0) is 5.92 Å². The van der Waals surface area contributed by atoms with Crippen molar-refractivity contribution in [3.8, 4) is 0 Å². The normalized spacial score (nSPS) is 17.8. The summed E-state index contributed by atoms with van der Waals surface area (Å²) in [5.74, 6) is 0.544. The van der Waals surface area contributed by atoms with E-state index in [0.717, 1.165) is 26.2 Å². The van der Waals surface area contributed by atoms with Crippen molar-refractivity contribution in [1.29, 1.82) is 0 Å². The zero-order valence-electron chi connectivity index (χ0n) is 8.79. The molecule has 0 saturated carbocycles. The van der Waals surface area contributed by atoms with Crippen molar-refractivity contribution in [3.63, 3.8) is 0 Å². The Morgan fingerprint density at radius 3 is 2.71 bits per heavy atom. The third-order valence-electron chi connectivity index (χ3n) is 2.49. The molecule has 2 rings (SSSR count). The Morgan fingerprint density at radius 2 is 2.14 bits per heavy atom. The standard InChI is InChI=1S/C10H17N3S/c1-8(2)9-7-14-10(12-9)13-5-3-11-4-6-13/h7-8,11H,3-6H2,1-2H3. The number of hydrogen-bond donors (Lipinski definition) is 1. The molecule has 0 unspecified atom stereocenters. The molecule has 1 aliphatic rings. The molecule has 1 aliphatic heterocycles. The maximum absolute atomic E-state index is 4.65. The fourth-order valence-electron chi connectivity index (χ4n) is 1.54. The summed E-state index contributed by atoms with van der Waals surface area (Å²) in [4.78, 5) is 7.02. The maximum atomic E-state index is 4.65. The summed E-state index contributed by atoms with van der Waals surface area (Å²) in [7, 11) is 0. The van der Waals surface area contributed by atoms with Crippen molar-refractivity contribution in [2.24, 2.45) is 0 Å². The minimum atomic E-state index is 0.544. The summed E-state index contributed by atoms with van der Waals surface area (Å²) in [6.45, 7) is 8.72. The predicted octanol–water partition coefficient (Wildman–Crippen LogP) is 1.68. The number of nitrogens with zero attached hydrogens (tertiary/aromatic N) is 2. The Bertz CT molecular complexity index is 289. The molecule has 0 amide bonds. The number of thiazole rings is 1. The largest absolute Gasteiger partial charge is 0.346 e. The van der Waals surface area contributed by atoms with Crippen molar-refractivity contribution in [1.82, 2.24) is 10.3 Å². The zero-order valence-corrected chi connectivity index (χ0v) is 9.60. The van der Waals surface area contributed by atoms with Crippen molar-refractivity contribution in [2.45, 2.75) is 19.8 Å². The van der Waals surface area contributed by atoms with E-state index in [9.17, 15) is 0 Å². The SMILES string of the molecule is CC(C)c1csc(N2CCNCC2)n1. The maximum Gasteiger partial charge on any atom is 0.185 e. The highest BCUT2D eigenvalue weighted by Crippen LogP contribution is 2.24. The topological polar surface area (TPSA) is 28.2 Å². The monoisotopic (exact) mass is 211 g/mol. The van der Waals surface area contributed by atoms with E-state index in [1.54, 1.807) is 11.3 Å². The lowest BCUT2D eigenvalue weighted by atomic mass is 10.2. The van der Waals surface area contributed by atoms with Crippen LogP contribution in [-0.4, -0.2) is 31.2 Å². The highest BCUT2D eigenvalue weighted by Gasteiger charge is 2.14. The molecule has 1 aromatic heterocycles. The van der Waals surface area contributed by atoms with Crippen LogP contribution in [0.25, 0.3) is 0 Å².